The normalized spacial score (nSPS) is 16.4. The summed E-state index contributed by atoms with van der Waals surface area (Å²) < 4.78 is 13.3. The maximum Gasteiger partial charge on any atom is 0.234 e. The van der Waals surface area contributed by atoms with Gasteiger partial charge in [0.05, 0.1) is 30.2 Å². The van der Waals surface area contributed by atoms with Gasteiger partial charge in [-0.3, -0.25) is 9.36 Å². The minimum absolute atomic E-state index is 0.0797. The molecule has 0 radical (unpaired) electrons. The highest BCUT2D eigenvalue weighted by molar-refractivity contribution is 7.99. The fraction of sp³-hybridized carbons (Fsp3) is 0.350. The number of hydrogen-bond donors (Lipinski definition) is 1. The van der Waals surface area contributed by atoms with Gasteiger partial charge in [0.2, 0.25) is 5.91 Å². The van der Waals surface area contributed by atoms with Crippen LogP contribution >= 0.6 is 11.8 Å². The standard InChI is InChI=1S/C20H22N4O3S/c1-14-17(9-11-26-14)19-22-23-20(24(19)12-16-8-5-10-27-16)28-13-18(25)21-15-6-3-2-4-7-15/h2-4,6-7,9,11,16H,5,8,10,12-13H2,1H3,(H,21,25)/t16-/m0/s1. The van der Waals surface area contributed by atoms with E-state index in [2.05, 4.69) is 15.5 Å². The lowest BCUT2D eigenvalue weighted by molar-refractivity contribution is -0.113. The summed E-state index contributed by atoms with van der Waals surface area (Å²) in [6.07, 6.45) is 3.87. The second-order valence-electron chi connectivity index (χ2n) is 6.65. The number of aryl methyl sites for hydroxylation is 1. The first-order chi connectivity index (χ1) is 13.7. The van der Waals surface area contributed by atoms with Crippen molar-refractivity contribution in [3.05, 3.63) is 48.4 Å². The predicted octanol–water partition coefficient (Wildman–Crippen LogP) is 3.76. The number of nitrogens with zero attached hydrogens (tertiary/aromatic N) is 3. The summed E-state index contributed by atoms with van der Waals surface area (Å²) in [7, 11) is 0. The Morgan fingerprint density at radius 2 is 2.14 bits per heavy atom. The smallest absolute Gasteiger partial charge is 0.234 e. The van der Waals surface area contributed by atoms with E-state index in [9.17, 15) is 4.79 Å². The number of para-hydroxylation sites is 1. The number of carbonyl (C=O) groups excluding carboxylic acids is 1. The third kappa shape index (κ3) is 4.28. The maximum atomic E-state index is 12.3. The Morgan fingerprint density at radius 3 is 2.86 bits per heavy atom. The van der Waals surface area contributed by atoms with Crippen molar-refractivity contribution in [2.24, 2.45) is 0 Å². The molecule has 4 rings (SSSR count). The van der Waals surface area contributed by atoms with Crippen LogP contribution in [0.3, 0.4) is 0 Å². The highest BCUT2D eigenvalue weighted by Gasteiger charge is 2.23. The number of benzene rings is 1. The van der Waals surface area contributed by atoms with Crippen molar-refractivity contribution < 1.29 is 13.9 Å². The number of nitrogens with one attached hydrogen (secondary N) is 1. The van der Waals surface area contributed by atoms with Gasteiger partial charge >= 0.3 is 0 Å². The molecule has 1 N–H and O–H groups in total. The van der Waals surface area contributed by atoms with E-state index >= 15 is 0 Å². The van der Waals surface area contributed by atoms with Crippen LogP contribution in [0.1, 0.15) is 18.6 Å². The van der Waals surface area contributed by atoms with Crippen LogP contribution in [0.25, 0.3) is 11.4 Å². The molecule has 28 heavy (non-hydrogen) atoms. The quantitative estimate of drug-likeness (QED) is 0.610. The van der Waals surface area contributed by atoms with Crippen LogP contribution in [-0.2, 0) is 16.1 Å². The number of aromatic nitrogens is 3. The summed E-state index contributed by atoms with van der Waals surface area (Å²) in [5, 5.41) is 12.3. The summed E-state index contributed by atoms with van der Waals surface area (Å²) in [6.45, 7) is 3.35. The third-order valence-corrected chi connectivity index (χ3v) is 5.58. The monoisotopic (exact) mass is 398 g/mol. The topological polar surface area (TPSA) is 82.2 Å². The number of hydrogen-bond acceptors (Lipinski definition) is 6. The zero-order valence-electron chi connectivity index (χ0n) is 15.6. The Hall–Kier alpha value is -2.58. The van der Waals surface area contributed by atoms with Crippen LogP contribution in [0.15, 0.2) is 52.2 Å². The van der Waals surface area contributed by atoms with Gasteiger partial charge in [-0.1, -0.05) is 30.0 Å². The molecule has 0 bridgehead atoms. The lowest BCUT2D eigenvalue weighted by Crippen LogP contribution is -2.18. The number of carbonyl (C=O) groups is 1. The largest absolute Gasteiger partial charge is 0.469 e. The molecule has 1 amide bonds. The van der Waals surface area contributed by atoms with E-state index < -0.39 is 0 Å². The van der Waals surface area contributed by atoms with Crippen LogP contribution in [-0.4, -0.2) is 39.1 Å². The summed E-state index contributed by atoms with van der Waals surface area (Å²) in [4.78, 5) is 12.3. The molecule has 3 heterocycles. The van der Waals surface area contributed by atoms with E-state index in [1.807, 2.05) is 47.9 Å². The third-order valence-electron chi connectivity index (χ3n) is 4.62. The summed E-state index contributed by atoms with van der Waals surface area (Å²) in [5.74, 6) is 1.71. The van der Waals surface area contributed by atoms with Gasteiger partial charge in [0.1, 0.15) is 5.76 Å². The summed E-state index contributed by atoms with van der Waals surface area (Å²) in [5.41, 5.74) is 1.69. The van der Waals surface area contributed by atoms with Gasteiger partial charge in [0.15, 0.2) is 11.0 Å². The zero-order valence-corrected chi connectivity index (χ0v) is 16.4. The molecule has 0 spiro atoms. The first-order valence-corrected chi connectivity index (χ1v) is 10.3. The molecule has 1 fully saturated rings. The van der Waals surface area contributed by atoms with Crippen LogP contribution < -0.4 is 5.32 Å². The van der Waals surface area contributed by atoms with Gasteiger partial charge in [0, 0.05) is 12.3 Å². The van der Waals surface area contributed by atoms with Crippen molar-refractivity contribution in [2.45, 2.75) is 37.6 Å². The Labute approximate surface area is 167 Å². The fourth-order valence-corrected chi connectivity index (χ4v) is 3.96. The highest BCUT2D eigenvalue weighted by Crippen LogP contribution is 2.29. The number of amides is 1. The van der Waals surface area contributed by atoms with Crippen molar-refractivity contribution in [3.8, 4) is 11.4 Å². The van der Waals surface area contributed by atoms with Gasteiger partial charge in [-0.2, -0.15) is 0 Å². The number of anilines is 1. The highest BCUT2D eigenvalue weighted by atomic mass is 32.2. The van der Waals surface area contributed by atoms with Crippen molar-refractivity contribution in [1.82, 2.24) is 14.8 Å². The number of furan rings is 1. The first-order valence-electron chi connectivity index (χ1n) is 9.27. The SMILES string of the molecule is Cc1occc1-c1nnc(SCC(=O)Nc2ccccc2)n1C[C@@H]1CCCO1. The van der Waals surface area contributed by atoms with Gasteiger partial charge in [-0.05, 0) is 38.0 Å². The molecule has 1 atom stereocenters. The van der Waals surface area contributed by atoms with E-state index in [-0.39, 0.29) is 17.8 Å². The van der Waals surface area contributed by atoms with E-state index in [0.717, 1.165) is 42.3 Å². The van der Waals surface area contributed by atoms with Gasteiger partial charge < -0.3 is 14.5 Å². The number of thioether (sulfide) groups is 1. The minimum atomic E-state index is -0.0797. The van der Waals surface area contributed by atoms with Crippen molar-refractivity contribution in [2.75, 3.05) is 17.7 Å². The molecule has 2 aromatic heterocycles. The average Bonchev–Trinajstić information content (AvgIpc) is 3.43. The zero-order chi connectivity index (χ0) is 19.3. The molecule has 1 aliphatic heterocycles. The van der Waals surface area contributed by atoms with Crippen LogP contribution in [0, 0.1) is 6.92 Å². The molecule has 8 heteroatoms. The van der Waals surface area contributed by atoms with Crippen LogP contribution in [0.2, 0.25) is 0 Å². The predicted molar refractivity (Wildman–Crippen MR) is 107 cm³/mol. The molecule has 0 unspecified atom stereocenters. The number of rotatable bonds is 7. The van der Waals surface area contributed by atoms with E-state index in [1.54, 1.807) is 6.26 Å². The maximum absolute atomic E-state index is 12.3. The van der Waals surface area contributed by atoms with Crippen LogP contribution in [0.5, 0.6) is 0 Å². The molecule has 3 aromatic rings. The Kier molecular flexibility index (Phi) is 5.78. The Morgan fingerprint density at radius 1 is 1.29 bits per heavy atom. The van der Waals surface area contributed by atoms with Gasteiger partial charge in [0.25, 0.3) is 0 Å². The minimum Gasteiger partial charge on any atom is -0.469 e. The van der Waals surface area contributed by atoms with Gasteiger partial charge in [-0.15, -0.1) is 10.2 Å². The molecule has 0 saturated carbocycles. The van der Waals surface area contributed by atoms with E-state index in [0.29, 0.717) is 11.7 Å². The van der Waals surface area contributed by atoms with Gasteiger partial charge in [-0.25, -0.2) is 0 Å². The molecule has 7 nitrogen and oxygen atoms in total. The van der Waals surface area contributed by atoms with Crippen molar-refractivity contribution in [1.29, 1.82) is 0 Å². The second-order valence-corrected chi connectivity index (χ2v) is 7.59. The van der Waals surface area contributed by atoms with Crippen LogP contribution in [0.4, 0.5) is 5.69 Å². The molecule has 1 aromatic carbocycles. The summed E-state index contributed by atoms with van der Waals surface area (Å²) >= 11 is 1.37. The molecule has 1 saturated heterocycles. The fourth-order valence-electron chi connectivity index (χ4n) is 3.22. The Bertz CT molecular complexity index is 932. The van der Waals surface area contributed by atoms with Crippen molar-refractivity contribution in [3.63, 3.8) is 0 Å². The molecule has 0 aliphatic carbocycles. The molecular formula is C20H22N4O3S. The second kappa shape index (κ2) is 8.62. The van der Waals surface area contributed by atoms with E-state index in [4.69, 9.17) is 9.15 Å². The lowest BCUT2D eigenvalue weighted by Gasteiger charge is -2.14. The summed E-state index contributed by atoms with van der Waals surface area (Å²) in [6, 6.07) is 11.3. The average molecular weight is 398 g/mol. The Balaban J connectivity index is 1.50. The first kappa shape index (κ1) is 18.8. The van der Waals surface area contributed by atoms with Crippen molar-refractivity contribution >= 4 is 23.4 Å². The molecule has 1 aliphatic rings. The van der Waals surface area contributed by atoms with E-state index in [1.165, 1.54) is 11.8 Å². The lowest BCUT2D eigenvalue weighted by atomic mass is 10.2. The molecular weight excluding hydrogens is 376 g/mol. The molecule has 146 valence electrons. The number of ether oxygens (including phenoxy) is 1.